The first-order chi connectivity index (χ1) is 19.0. The Morgan fingerprint density at radius 2 is 1.55 bits per heavy atom. The Bertz CT molecular complexity index is 1420. The smallest absolute Gasteiger partial charge is 0.264 e. The topological polar surface area (TPSA) is 86.8 Å². The van der Waals surface area contributed by atoms with Crippen molar-refractivity contribution in [1.82, 2.24) is 10.2 Å². The van der Waals surface area contributed by atoms with Crippen LogP contribution in [-0.4, -0.2) is 43.8 Å². The second-order valence-electron chi connectivity index (χ2n) is 10.5. The number of aryl methyl sites for hydroxylation is 2. The fourth-order valence-corrected chi connectivity index (χ4v) is 6.65. The quantitative estimate of drug-likeness (QED) is 0.336. The lowest BCUT2D eigenvalue weighted by atomic mass is 10.1. The van der Waals surface area contributed by atoms with Crippen LogP contribution in [0, 0.1) is 13.8 Å². The van der Waals surface area contributed by atoms with Crippen LogP contribution in [-0.2, 0) is 26.2 Å². The first-order valence-electron chi connectivity index (χ1n) is 13.5. The highest BCUT2D eigenvalue weighted by Gasteiger charge is 2.33. The number of nitrogens with one attached hydrogen (secondary N) is 1. The predicted octanol–water partition coefficient (Wildman–Crippen LogP) is 5.63. The number of hydrogen-bond donors (Lipinski definition) is 1. The number of rotatable bonds is 10. The summed E-state index contributed by atoms with van der Waals surface area (Å²) >= 11 is 6.07. The van der Waals surface area contributed by atoms with E-state index in [2.05, 4.69) is 5.32 Å². The number of nitrogens with zero attached hydrogens (tertiary/aromatic N) is 2. The molecular weight excluding hydrogens is 546 g/mol. The summed E-state index contributed by atoms with van der Waals surface area (Å²) in [6, 6.07) is 19.8. The van der Waals surface area contributed by atoms with Crippen LogP contribution in [0.3, 0.4) is 0 Å². The van der Waals surface area contributed by atoms with Crippen molar-refractivity contribution in [2.75, 3.05) is 10.8 Å². The number of carbonyl (C=O) groups excluding carboxylic acids is 2. The van der Waals surface area contributed by atoms with Crippen molar-refractivity contribution in [3.05, 3.63) is 94.5 Å². The molecule has 0 unspecified atom stereocenters. The van der Waals surface area contributed by atoms with Crippen LogP contribution < -0.4 is 9.62 Å². The maximum atomic E-state index is 14.0. The largest absolute Gasteiger partial charge is 0.352 e. The average molecular weight is 582 g/mol. The Labute approximate surface area is 242 Å². The van der Waals surface area contributed by atoms with Gasteiger partial charge < -0.3 is 10.2 Å². The highest BCUT2D eigenvalue weighted by atomic mass is 35.5. The lowest BCUT2D eigenvalue weighted by Gasteiger charge is -2.32. The van der Waals surface area contributed by atoms with E-state index in [1.807, 2.05) is 19.9 Å². The molecule has 212 valence electrons. The molecule has 3 aromatic carbocycles. The number of halogens is 1. The number of amides is 2. The standard InChI is InChI=1S/C31H36ClN3O4S/c1-22-17-23(2)19-28(18-22)35(40(38,39)29-11-5-4-6-12-29)21-30(36)34(20-25-13-15-26(32)16-14-25)24(3)31(37)33-27-9-7-8-10-27/h4-6,11-19,24,27H,7-10,20-21H2,1-3H3,(H,33,37)/t24-/m1/s1. The summed E-state index contributed by atoms with van der Waals surface area (Å²) in [6.45, 7) is 5.11. The molecule has 9 heteroatoms. The molecule has 2 amide bonds. The van der Waals surface area contributed by atoms with E-state index >= 15 is 0 Å². The summed E-state index contributed by atoms with van der Waals surface area (Å²) in [6.07, 6.45) is 3.96. The third kappa shape index (κ3) is 7.23. The molecule has 7 nitrogen and oxygen atoms in total. The monoisotopic (exact) mass is 581 g/mol. The van der Waals surface area contributed by atoms with Crippen LogP contribution in [0.4, 0.5) is 5.69 Å². The van der Waals surface area contributed by atoms with Crippen molar-refractivity contribution in [3.8, 4) is 0 Å². The molecule has 1 aliphatic rings. The van der Waals surface area contributed by atoms with Gasteiger partial charge in [-0.05, 0) is 86.7 Å². The maximum absolute atomic E-state index is 14.0. The van der Waals surface area contributed by atoms with Crippen LogP contribution in [0.1, 0.15) is 49.3 Å². The third-order valence-corrected chi connectivity index (χ3v) is 9.28. The van der Waals surface area contributed by atoms with E-state index in [-0.39, 0.29) is 23.4 Å². The number of carbonyl (C=O) groups is 2. The molecule has 1 N–H and O–H groups in total. The molecule has 0 bridgehead atoms. The molecular formula is C31H36ClN3O4S. The fourth-order valence-electron chi connectivity index (χ4n) is 5.10. The summed E-state index contributed by atoms with van der Waals surface area (Å²) in [5.74, 6) is -0.735. The highest BCUT2D eigenvalue weighted by molar-refractivity contribution is 7.92. The van der Waals surface area contributed by atoms with Crippen LogP contribution in [0.15, 0.2) is 77.7 Å². The van der Waals surface area contributed by atoms with Crippen molar-refractivity contribution in [3.63, 3.8) is 0 Å². The molecule has 1 saturated carbocycles. The summed E-state index contributed by atoms with van der Waals surface area (Å²) in [5.41, 5.74) is 2.92. The summed E-state index contributed by atoms with van der Waals surface area (Å²) in [7, 11) is -4.09. The molecule has 40 heavy (non-hydrogen) atoms. The van der Waals surface area contributed by atoms with Crippen LogP contribution >= 0.6 is 11.6 Å². The Morgan fingerprint density at radius 3 is 2.15 bits per heavy atom. The van der Waals surface area contributed by atoms with Gasteiger partial charge in [0.2, 0.25) is 11.8 Å². The van der Waals surface area contributed by atoms with E-state index in [9.17, 15) is 18.0 Å². The zero-order chi connectivity index (χ0) is 28.9. The van der Waals surface area contributed by atoms with Crippen molar-refractivity contribution in [1.29, 1.82) is 0 Å². The van der Waals surface area contributed by atoms with Gasteiger partial charge in [-0.2, -0.15) is 0 Å². The average Bonchev–Trinajstić information content (AvgIpc) is 3.43. The first-order valence-corrected chi connectivity index (χ1v) is 15.4. The van der Waals surface area contributed by atoms with Crippen LogP contribution in [0.5, 0.6) is 0 Å². The zero-order valence-electron chi connectivity index (χ0n) is 23.1. The SMILES string of the molecule is Cc1cc(C)cc(N(CC(=O)N(Cc2ccc(Cl)cc2)[C@H](C)C(=O)NC2CCCC2)S(=O)(=O)c2ccccc2)c1. The molecule has 1 atom stereocenters. The number of sulfonamides is 1. The second kappa shape index (κ2) is 12.9. The Morgan fingerprint density at radius 1 is 0.950 bits per heavy atom. The van der Waals surface area contributed by atoms with Crippen LogP contribution in [0.2, 0.25) is 5.02 Å². The highest BCUT2D eigenvalue weighted by Crippen LogP contribution is 2.27. The van der Waals surface area contributed by atoms with E-state index in [4.69, 9.17) is 11.6 Å². The van der Waals surface area contributed by atoms with Gasteiger partial charge in [-0.3, -0.25) is 13.9 Å². The first kappa shape index (κ1) is 29.6. The Hall–Kier alpha value is -3.36. The van der Waals surface area contributed by atoms with Gasteiger partial charge in [0.05, 0.1) is 10.6 Å². The van der Waals surface area contributed by atoms with Gasteiger partial charge in [0.25, 0.3) is 10.0 Å². The maximum Gasteiger partial charge on any atom is 0.264 e. The Kier molecular flexibility index (Phi) is 9.53. The molecule has 0 aliphatic heterocycles. The third-order valence-electron chi connectivity index (χ3n) is 7.24. The normalized spacial score (nSPS) is 14.5. The van der Waals surface area contributed by atoms with Gasteiger partial charge in [-0.25, -0.2) is 8.42 Å². The van der Waals surface area contributed by atoms with Crippen LogP contribution in [0.25, 0.3) is 0 Å². The molecule has 0 aromatic heterocycles. The van der Waals surface area contributed by atoms with Gasteiger partial charge in [0.15, 0.2) is 0 Å². The molecule has 1 fully saturated rings. The van der Waals surface area contributed by atoms with Crippen molar-refractivity contribution in [2.24, 2.45) is 0 Å². The number of anilines is 1. The van der Waals surface area contributed by atoms with E-state index in [0.29, 0.717) is 10.7 Å². The fraction of sp³-hybridized carbons (Fsp3) is 0.355. The molecule has 4 rings (SSSR count). The molecule has 0 spiro atoms. The zero-order valence-corrected chi connectivity index (χ0v) is 24.7. The van der Waals surface area contributed by atoms with Crippen molar-refractivity contribution in [2.45, 2.75) is 70.0 Å². The molecule has 1 aliphatic carbocycles. The molecule has 3 aromatic rings. The van der Waals surface area contributed by atoms with Gasteiger partial charge in [0, 0.05) is 17.6 Å². The lowest BCUT2D eigenvalue weighted by molar-refractivity contribution is -0.139. The molecule has 0 heterocycles. The minimum Gasteiger partial charge on any atom is -0.352 e. The number of benzene rings is 3. The minimum atomic E-state index is -4.09. The van der Waals surface area contributed by atoms with Gasteiger partial charge in [-0.15, -0.1) is 0 Å². The van der Waals surface area contributed by atoms with E-state index < -0.39 is 28.5 Å². The Balaban J connectivity index is 1.69. The minimum absolute atomic E-state index is 0.0817. The molecule has 0 radical (unpaired) electrons. The van der Waals surface area contributed by atoms with Crippen molar-refractivity contribution >= 4 is 39.1 Å². The summed E-state index contributed by atoms with van der Waals surface area (Å²) in [4.78, 5) is 28.9. The van der Waals surface area contributed by atoms with E-state index in [1.54, 1.807) is 61.5 Å². The van der Waals surface area contributed by atoms with E-state index in [1.165, 1.54) is 17.0 Å². The van der Waals surface area contributed by atoms with Gasteiger partial charge in [-0.1, -0.05) is 60.8 Å². The lowest BCUT2D eigenvalue weighted by Crippen LogP contribution is -2.52. The van der Waals surface area contributed by atoms with Gasteiger partial charge >= 0.3 is 0 Å². The second-order valence-corrected chi connectivity index (χ2v) is 12.8. The molecule has 0 saturated heterocycles. The van der Waals surface area contributed by atoms with E-state index in [0.717, 1.165) is 46.7 Å². The van der Waals surface area contributed by atoms with Crippen molar-refractivity contribution < 1.29 is 18.0 Å². The predicted molar refractivity (Wildman–Crippen MR) is 159 cm³/mol. The van der Waals surface area contributed by atoms with Gasteiger partial charge in [0.1, 0.15) is 12.6 Å². The summed E-state index contributed by atoms with van der Waals surface area (Å²) in [5, 5.41) is 3.64. The number of hydrogen-bond acceptors (Lipinski definition) is 4. The summed E-state index contributed by atoms with van der Waals surface area (Å²) < 4.78 is 28.9.